The van der Waals surface area contributed by atoms with Crippen LogP contribution in [0.15, 0.2) is 77.5 Å². The van der Waals surface area contributed by atoms with Crippen LogP contribution in [0.5, 0.6) is 0 Å². The molecule has 6 aromatic rings. The quantitative estimate of drug-likeness (QED) is 0.124. The number of hydrogen-bond donors (Lipinski definition) is 0. The van der Waals surface area contributed by atoms with E-state index in [0.29, 0.717) is 17.2 Å². The maximum atomic E-state index is 8.48. The predicted molar refractivity (Wildman–Crippen MR) is 204 cm³/mol. The van der Waals surface area contributed by atoms with Gasteiger partial charge in [0.05, 0.1) is 13.7 Å². The number of aromatic nitrogens is 3. The standard InChI is InChI=1S/C25H25N2O.C18H24NSi.Ir/c1-16-11-12-20-19-9-6-10-21(23(19)28-24(20)27-16)22-15-18(13-14-26-22)25(2,3)17-7-4-5-8-17;1-13(2)16-11-17(15-9-7-14(3)8-10-15)19-12-18(16)20(4,5)6;/h6,9,11-15,17H,4-5,7-8H2,1-3H3;7-9,11-13H,1-6H3;/q2*-1;/i1D3;3D3,13D;. The summed E-state index contributed by atoms with van der Waals surface area (Å²) in [6.07, 6.45) is 8.91. The molecule has 4 nitrogen and oxygen atoms in total. The van der Waals surface area contributed by atoms with E-state index in [9.17, 15) is 0 Å². The smallest absolute Gasteiger partial charge is 0.216 e. The molecule has 0 aliphatic heterocycles. The Labute approximate surface area is 317 Å². The average Bonchev–Trinajstić information content (AvgIpc) is 3.79. The van der Waals surface area contributed by atoms with Crippen molar-refractivity contribution in [3.63, 3.8) is 0 Å². The summed E-state index contributed by atoms with van der Waals surface area (Å²) < 4.78 is 59.7. The second-order valence-electron chi connectivity index (χ2n) is 14.7. The van der Waals surface area contributed by atoms with Crippen LogP contribution in [0.2, 0.25) is 19.6 Å². The van der Waals surface area contributed by atoms with Gasteiger partial charge in [-0.1, -0.05) is 95.7 Å². The average molecular weight is 851 g/mol. The van der Waals surface area contributed by atoms with E-state index in [-0.39, 0.29) is 36.8 Å². The van der Waals surface area contributed by atoms with E-state index in [1.807, 2.05) is 44.4 Å². The van der Waals surface area contributed by atoms with E-state index in [2.05, 4.69) is 72.7 Å². The van der Waals surface area contributed by atoms with Crippen molar-refractivity contribution in [2.75, 3.05) is 0 Å². The third-order valence-electron chi connectivity index (χ3n) is 9.77. The van der Waals surface area contributed by atoms with Crippen LogP contribution in [0.1, 0.15) is 91.3 Å². The zero-order valence-electron chi connectivity index (χ0n) is 36.4. The summed E-state index contributed by atoms with van der Waals surface area (Å²) >= 11 is 0. The molecular weight excluding hydrogens is 795 g/mol. The Bertz CT molecular complexity index is 2320. The van der Waals surface area contributed by atoms with Gasteiger partial charge in [0.2, 0.25) is 5.71 Å². The molecule has 0 N–H and O–H groups in total. The summed E-state index contributed by atoms with van der Waals surface area (Å²) in [6, 6.07) is 24.5. The molecular formula is C43H49IrN3OSi-2. The molecule has 0 atom stereocenters. The number of fused-ring (bicyclic) bond motifs is 3. The molecule has 0 unspecified atom stereocenters. The Balaban J connectivity index is 0.000000218. The molecule has 1 saturated carbocycles. The van der Waals surface area contributed by atoms with Crippen LogP contribution in [-0.4, -0.2) is 23.0 Å². The summed E-state index contributed by atoms with van der Waals surface area (Å²) in [5, 5.41) is 2.86. The summed E-state index contributed by atoms with van der Waals surface area (Å²) in [4.78, 5) is 13.5. The SMILES string of the molecule is [2H]C([2H])([2H])c1c[c-]c(-c2cc(C([2H])(C)C)c([Si](C)(C)C)cn2)cc1.[2H]C([2H])([2H])c1ccc2c(n1)oc1c(-c3cc(C(C)(C)C4CCCC4)ccn3)[c-]ccc12.[Ir]. The van der Waals surface area contributed by atoms with Crippen molar-refractivity contribution >= 4 is 35.3 Å². The first-order valence-corrected chi connectivity index (χ1v) is 20.3. The number of benzene rings is 2. The first-order chi connectivity index (χ1) is 25.5. The van der Waals surface area contributed by atoms with E-state index < -0.39 is 27.7 Å². The van der Waals surface area contributed by atoms with Gasteiger partial charge >= 0.3 is 0 Å². The molecule has 1 fully saturated rings. The minimum Gasteiger partial charge on any atom is -0.486 e. The van der Waals surface area contributed by atoms with Crippen LogP contribution in [0.4, 0.5) is 0 Å². The largest absolute Gasteiger partial charge is 0.486 e. The number of hydrogen-bond acceptors (Lipinski definition) is 4. The molecule has 2 aromatic carbocycles. The molecule has 49 heavy (non-hydrogen) atoms. The monoisotopic (exact) mass is 851 g/mol. The summed E-state index contributed by atoms with van der Waals surface area (Å²) in [7, 11) is -1.61. The topological polar surface area (TPSA) is 51.8 Å². The van der Waals surface area contributed by atoms with Gasteiger partial charge in [-0.25, -0.2) is 4.98 Å². The minimum atomic E-state index is -2.27. The normalized spacial score (nSPS) is 16.7. The zero-order valence-corrected chi connectivity index (χ0v) is 32.8. The number of rotatable bonds is 6. The fourth-order valence-corrected chi connectivity index (χ4v) is 8.44. The molecule has 0 spiro atoms. The maximum Gasteiger partial charge on any atom is 0.216 e. The van der Waals surface area contributed by atoms with Gasteiger partial charge in [0.25, 0.3) is 0 Å². The molecule has 4 aromatic heterocycles. The molecule has 0 amide bonds. The molecule has 4 heterocycles. The second kappa shape index (κ2) is 14.8. The minimum absolute atomic E-state index is 0. The molecule has 6 heteroatoms. The second-order valence-corrected chi connectivity index (χ2v) is 19.8. The van der Waals surface area contributed by atoms with Crippen molar-refractivity contribution in [3.05, 3.63) is 108 Å². The van der Waals surface area contributed by atoms with Crippen molar-refractivity contribution in [2.24, 2.45) is 5.92 Å². The maximum absolute atomic E-state index is 8.48. The summed E-state index contributed by atoms with van der Waals surface area (Å²) in [6.45, 7) is 10.8. The van der Waals surface area contributed by atoms with Crippen LogP contribution in [0, 0.1) is 31.8 Å². The van der Waals surface area contributed by atoms with Gasteiger partial charge < -0.3 is 14.4 Å². The number of nitrogens with zero attached hydrogens (tertiary/aromatic N) is 3. The van der Waals surface area contributed by atoms with E-state index in [1.54, 1.807) is 24.3 Å². The van der Waals surface area contributed by atoms with Crippen molar-refractivity contribution in [2.45, 2.75) is 98.0 Å². The van der Waals surface area contributed by atoms with Crippen LogP contribution in [0.3, 0.4) is 0 Å². The van der Waals surface area contributed by atoms with E-state index in [4.69, 9.17) is 14.0 Å². The van der Waals surface area contributed by atoms with Crippen molar-refractivity contribution in [1.29, 1.82) is 0 Å². The Kier molecular flexibility index (Phi) is 8.54. The Hall–Kier alpha value is -3.44. The fourth-order valence-electron chi connectivity index (χ4n) is 6.86. The van der Waals surface area contributed by atoms with Crippen LogP contribution < -0.4 is 5.19 Å². The van der Waals surface area contributed by atoms with Gasteiger partial charge in [-0.15, -0.1) is 53.6 Å². The fraction of sp³-hybridized carbons (Fsp3) is 0.372. The number of pyridine rings is 3. The van der Waals surface area contributed by atoms with Crippen molar-refractivity contribution in [1.82, 2.24) is 15.0 Å². The van der Waals surface area contributed by atoms with E-state index in [0.717, 1.165) is 38.9 Å². The van der Waals surface area contributed by atoms with E-state index >= 15 is 0 Å². The number of aryl methyl sites for hydroxylation is 2. The van der Waals surface area contributed by atoms with Gasteiger partial charge in [0, 0.05) is 53.2 Å². The van der Waals surface area contributed by atoms with Crippen LogP contribution in [-0.2, 0) is 25.5 Å². The first kappa shape index (κ1) is 28.3. The molecule has 0 saturated heterocycles. The molecule has 1 radical (unpaired) electrons. The first-order valence-electron chi connectivity index (χ1n) is 20.3. The van der Waals surface area contributed by atoms with Gasteiger partial charge in [-0.2, -0.15) is 0 Å². The van der Waals surface area contributed by atoms with Gasteiger partial charge in [-0.05, 0) is 77.3 Å². The molecule has 1 aliphatic carbocycles. The molecule has 1 aliphatic rings. The van der Waals surface area contributed by atoms with E-state index in [1.165, 1.54) is 42.5 Å². The van der Waals surface area contributed by atoms with Crippen molar-refractivity contribution < 1.29 is 34.1 Å². The van der Waals surface area contributed by atoms with Crippen LogP contribution >= 0.6 is 0 Å². The third kappa shape index (κ3) is 7.82. The Morgan fingerprint density at radius 1 is 0.939 bits per heavy atom. The molecule has 7 rings (SSSR count). The van der Waals surface area contributed by atoms with Gasteiger partial charge in [0.1, 0.15) is 0 Å². The molecule has 0 bridgehead atoms. The zero-order chi connectivity index (χ0) is 40.1. The molecule has 257 valence electrons. The van der Waals surface area contributed by atoms with Gasteiger partial charge in [-0.3, -0.25) is 0 Å². The number of furan rings is 1. The predicted octanol–water partition coefficient (Wildman–Crippen LogP) is 11.1. The Morgan fingerprint density at radius 2 is 1.73 bits per heavy atom. The Morgan fingerprint density at radius 3 is 2.41 bits per heavy atom. The summed E-state index contributed by atoms with van der Waals surface area (Å²) in [5.74, 6) is -0.0393. The third-order valence-corrected chi connectivity index (χ3v) is 11.8. The van der Waals surface area contributed by atoms with Crippen molar-refractivity contribution in [3.8, 4) is 22.5 Å². The van der Waals surface area contributed by atoms with Gasteiger partial charge in [0.15, 0.2) is 0 Å². The summed E-state index contributed by atoms with van der Waals surface area (Å²) in [5.41, 5.74) is 6.65. The van der Waals surface area contributed by atoms with Crippen LogP contribution in [0.25, 0.3) is 44.6 Å².